The van der Waals surface area contributed by atoms with Gasteiger partial charge in [-0.25, -0.2) is 27.2 Å². The Kier molecular flexibility index (Phi) is 9.67. The first-order valence-electron chi connectivity index (χ1n) is 11.3. The van der Waals surface area contributed by atoms with E-state index in [9.17, 15) is 17.2 Å². The number of nitrogens with one attached hydrogen (secondary N) is 1. The zero-order valence-corrected chi connectivity index (χ0v) is 22.7. The fourth-order valence-corrected chi connectivity index (χ4v) is 4.56. The maximum Gasteiger partial charge on any atom is 0.245 e. The second-order valence-electron chi connectivity index (χ2n) is 8.16. The molecule has 0 aliphatic carbocycles. The number of sulfonamides is 1. The number of alkyl halides is 2. The van der Waals surface area contributed by atoms with Crippen molar-refractivity contribution < 1.29 is 31.4 Å². The van der Waals surface area contributed by atoms with Crippen LogP contribution in [0.4, 0.5) is 14.7 Å². The maximum absolute atomic E-state index is 13.6. The van der Waals surface area contributed by atoms with E-state index in [1.165, 1.54) is 38.1 Å². The minimum absolute atomic E-state index is 0.00179. The van der Waals surface area contributed by atoms with Gasteiger partial charge in [-0.1, -0.05) is 11.6 Å². The Morgan fingerprint density at radius 1 is 1.03 bits per heavy atom. The van der Waals surface area contributed by atoms with Crippen LogP contribution in [0.1, 0.15) is 44.9 Å². The minimum Gasteiger partial charge on any atom is -0.479 e. The van der Waals surface area contributed by atoms with Crippen molar-refractivity contribution in [3.8, 4) is 17.4 Å². The molecule has 208 valence electrons. The average molecular weight is 577 g/mol. The standard InChI is InChI=1S/C21H27ClF2N8O5S/c1-11(2)37-17(18-25-8-13(22)9-26-18)12(3)38(33,34)31-21-30-29-15(7-6-14(23)24)32(21)16-19(35-4)27-10-28-20(16)36-5/h8-12,14,17H,6-7H2,1-5H3,(H,30,31)/t12-,17+/m0/s1. The number of rotatable bonds is 13. The Morgan fingerprint density at radius 3 is 2.16 bits per heavy atom. The van der Waals surface area contributed by atoms with Crippen molar-refractivity contribution in [3.63, 3.8) is 0 Å². The number of aryl methyl sites for hydroxylation is 1. The Labute approximate surface area is 223 Å². The molecular formula is C21H27ClF2N8O5S. The molecular weight excluding hydrogens is 550 g/mol. The second kappa shape index (κ2) is 12.5. The summed E-state index contributed by atoms with van der Waals surface area (Å²) in [6, 6.07) is 0. The van der Waals surface area contributed by atoms with E-state index in [0.29, 0.717) is 0 Å². The van der Waals surface area contributed by atoms with E-state index in [2.05, 4.69) is 34.9 Å². The van der Waals surface area contributed by atoms with Crippen molar-refractivity contribution in [2.75, 3.05) is 18.9 Å². The summed E-state index contributed by atoms with van der Waals surface area (Å²) >= 11 is 5.88. The van der Waals surface area contributed by atoms with Crippen LogP contribution in [-0.4, -0.2) is 75.1 Å². The fraction of sp³-hybridized carbons (Fsp3) is 0.524. The SMILES string of the molecule is COc1ncnc(OC)c1-n1c(CCC(F)F)nnc1NS(=O)(=O)[C@@H](C)[C@@H](OC(C)C)c1ncc(Cl)cn1. The average Bonchev–Trinajstić information content (AvgIpc) is 3.26. The number of nitrogens with zero attached hydrogens (tertiary/aromatic N) is 7. The third-order valence-electron chi connectivity index (χ3n) is 5.14. The van der Waals surface area contributed by atoms with Gasteiger partial charge in [0.1, 0.15) is 23.5 Å². The van der Waals surface area contributed by atoms with Gasteiger partial charge in [-0.2, -0.15) is 9.97 Å². The molecule has 0 saturated heterocycles. The number of halogens is 3. The van der Waals surface area contributed by atoms with Gasteiger partial charge in [0.25, 0.3) is 0 Å². The summed E-state index contributed by atoms with van der Waals surface area (Å²) in [5.41, 5.74) is 0.0214. The molecule has 0 spiro atoms. The quantitative estimate of drug-likeness (QED) is 0.319. The molecule has 0 aliphatic rings. The molecule has 3 heterocycles. The van der Waals surface area contributed by atoms with Gasteiger partial charge in [-0.15, -0.1) is 10.2 Å². The second-order valence-corrected chi connectivity index (χ2v) is 10.6. The summed E-state index contributed by atoms with van der Waals surface area (Å²) in [6.45, 7) is 4.86. The molecule has 17 heteroatoms. The van der Waals surface area contributed by atoms with E-state index in [0.717, 1.165) is 6.33 Å². The van der Waals surface area contributed by atoms with Crippen LogP contribution in [-0.2, 0) is 21.2 Å². The van der Waals surface area contributed by atoms with Crippen LogP contribution in [0.2, 0.25) is 5.02 Å². The lowest BCUT2D eigenvalue weighted by Crippen LogP contribution is -2.35. The van der Waals surface area contributed by atoms with E-state index < -0.39 is 34.2 Å². The predicted molar refractivity (Wildman–Crippen MR) is 132 cm³/mol. The number of aromatic nitrogens is 7. The van der Waals surface area contributed by atoms with Crippen molar-refractivity contribution in [2.24, 2.45) is 0 Å². The first kappa shape index (κ1) is 29.3. The lowest BCUT2D eigenvalue weighted by Gasteiger charge is -2.25. The Balaban J connectivity index is 2.08. The highest BCUT2D eigenvalue weighted by atomic mass is 35.5. The molecule has 1 N–H and O–H groups in total. The highest BCUT2D eigenvalue weighted by Crippen LogP contribution is 2.33. The predicted octanol–water partition coefficient (Wildman–Crippen LogP) is 3.01. The fourth-order valence-electron chi connectivity index (χ4n) is 3.38. The van der Waals surface area contributed by atoms with Crippen LogP contribution >= 0.6 is 11.6 Å². The molecule has 3 aromatic rings. The largest absolute Gasteiger partial charge is 0.479 e. The molecule has 3 aromatic heterocycles. The number of hydrogen-bond donors (Lipinski definition) is 1. The van der Waals surface area contributed by atoms with Crippen molar-refractivity contribution in [1.29, 1.82) is 0 Å². The zero-order chi connectivity index (χ0) is 28.0. The molecule has 0 aliphatic heterocycles. The molecule has 3 rings (SSSR count). The summed E-state index contributed by atoms with van der Waals surface area (Å²) in [4.78, 5) is 16.3. The van der Waals surface area contributed by atoms with E-state index in [-0.39, 0.29) is 52.6 Å². The van der Waals surface area contributed by atoms with E-state index in [1.54, 1.807) is 13.8 Å². The van der Waals surface area contributed by atoms with Crippen molar-refractivity contribution in [2.45, 2.75) is 57.5 Å². The number of methoxy groups -OCH3 is 2. The minimum atomic E-state index is -4.29. The monoisotopic (exact) mass is 576 g/mol. The number of ether oxygens (including phenoxy) is 3. The third-order valence-corrected chi connectivity index (χ3v) is 7.03. The van der Waals surface area contributed by atoms with Crippen molar-refractivity contribution >= 4 is 27.6 Å². The lowest BCUT2D eigenvalue weighted by molar-refractivity contribution is 0.00154. The van der Waals surface area contributed by atoms with Crippen LogP contribution in [0.15, 0.2) is 18.7 Å². The number of hydrogen-bond acceptors (Lipinski definition) is 11. The molecule has 0 saturated carbocycles. The van der Waals surface area contributed by atoms with Crippen LogP contribution in [0, 0.1) is 0 Å². The molecule has 0 unspecified atom stereocenters. The molecule has 0 radical (unpaired) electrons. The molecule has 2 atom stereocenters. The first-order valence-corrected chi connectivity index (χ1v) is 13.2. The first-order chi connectivity index (χ1) is 18.0. The smallest absolute Gasteiger partial charge is 0.245 e. The van der Waals surface area contributed by atoms with E-state index in [4.69, 9.17) is 25.8 Å². The van der Waals surface area contributed by atoms with Gasteiger partial charge in [0.2, 0.25) is 34.2 Å². The number of anilines is 1. The van der Waals surface area contributed by atoms with Crippen LogP contribution < -0.4 is 14.2 Å². The Bertz CT molecular complexity index is 1310. The Hall–Kier alpha value is -3.24. The maximum atomic E-state index is 13.6. The molecule has 0 bridgehead atoms. The molecule has 13 nitrogen and oxygen atoms in total. The summed E-state index contributed by atoms with van der Waals surface area (Å²) < 4.78 is 73.2. The molecule has 38 heavy (non-hydrogen) atoms. The van der Waals surface area contributed by atoms with Gasteiger partial charge in [0.15, 0.2) is 11.5 Å². The van der Waals surface area contributed by atoms with Gasteiger partial charge < -0.3 is 14.2 Å². The molecule has 0 aromatic carbocycles. The third kappa shape index (κ3) is 6.79. The van der Waals surface area contributed by atoms with Crippen LogP contribution in [0.25, 0.3) is 5.69 Å². The Morgan fingerprint density at radius 2 is 1.63 bits per heavy atom. The highest BCUT2D eigenvalue weighted by Gasteiger charge is 2.36. The van der Waals surface area contributed by atoms with E-state index >= 15 is 0 Å². The highest BCUT2D eigenvalue weighted by molar-refractivity contribution is 7.93. The van der Waals surface area contributed by atoms with Gasteiger partial charge in [-0.3, -0.25) is 9.29 Å². The van der Waals surface area contributed by atoms with Crippen LogP contribution in [0.5, 0.6) is 11.8 Å². The van der Waals surface area contributed by atoms with Gasteiger partial charge >= 0.3 is 0 Å². The summed E-state index contributed by atoms with van der Waals surface area (Å²) in [6.07, 6.45) is -1.10. The molecule has 0 amide bonds. The molecule has 0 fully saturated rings. The normalized spacial score (nSPS) is 13.5. The van der Waals surface area contributed by atoms with Gasteiger partial charge in [-0.05, 0) is 20.8 Å². The van der Waals surface area contributed by atoms with E-state index in [1.807, 2.05) is 0 Å². The summed E-state index contributed by atoms with van der Waals surface area (Å²) in [5, 5.41) is 6.86. The lowest BCUT2D eigenvalue weighted by atomic mass is 10.2. The topological polar surface area (TPSA) is 156 Å². The zero-order valence-electron chi connectivity index (χ0n) is 21.2. The summed E-state index contributed by atoms with van der Waals surface area (Å²) in [7, 11) is -1.65. The van der Waals surface area contributed by atoms with Gasteiger partial charge in [0.05, 0.1) is 25.3 Å². The van der Waals surface area contributed by atoms with Crippen LogP contribution in [0.3, 0.4) is 0 Å². The van der Waals surface area contributed by atoms with Crippen molar-refractivity contribution in [3.05, 3.63) is 35.4 Å². The van der Waals surface area contributed by atoms with Crippen molar-refractivity contribution in [1.82, 2.24) is 34.7 Å². The summed E-state index contributed by atoms with van der Waals surface area (Å²) in [5.74, 6) is -0.288. The van der Waals surface area contributed by atoms with Gasteiger partial charge in [0, 0.05) is 25.2 Å².